The summed E-state index contributed by atoms with van der Waals surface area (Å²) in [6.45, 7) is 12.1. The van der Waals surface area contributed by atoms with E-state index in [-0.39, 0.29) is 0 Å². The topological polar surface area (TPSA) is 12.0 Å². The molecular formula is C18H35N. The van der Waals surface area contributed by atoms with Gasteiger partial charge in [-0.3, -0.25) is 0 Å². The normalized spacial score (nSPS) is 36.2. The molecule has 0 aliphatic heterocycles. The van der Waals surface area contributed by atoms with Crippen LogP contribution in [0.3, 0.4) is 0 Å². The van der Waals surface area contributed by atoms with E-state index in [0.717, 1.165) is 18.0 Å². The van der Waals surface area contributed by atoms with Crippen molar-refractivity contribution in [3.05, 3.63) is 0 Å². The minimum Gasteiger partial charge on any atom is -0.311 e. The Labute approximate surface area is 120 Å². The van der Waals surface area contributed by atoms with Crippen LogP contribution in [-0.2, 0) is 0 Å². The standard InChI is InChI=1S/C18H35N/c1-17(2,3)14-8-10-15(11-9-14)19-16-7-6-12-18(4,5)13-16/h14-16,19H,6-13H2,1-5H3. The van der Waals surface area contributed by atoms with Crippen molar-refractivity contribution >= 4 is 0 Å². The highest BCUT2D eigenvalue weighted by atomic mass is 15.0. The summed E-state index contributed by atoms with van der Waals surface area (Å²) in [6.07, 6.45) is 11.3. The van der Waals surface area contributed by atoms with Gasteiger partial charge in [0.2, 0.25) is 0 Å². The Morgan fingerprint density at radius 3 is 2.05 bits per heavy atom. The third-order valence-electron chi connectivity index (χ3n) is 5.63. The Bertz CT molecular complexity index is 279. The van der Waals surface area contributed by atoms with E-state index in [1.165, 1.54) is 51.4 Å². The molecule has 1 atom stereocenters. The lowest BCUT2D eigenvalue weighted by Crippen LogP contribution is -2.45. The van der Waals surface area contributed by atoms with Crippen LogP contribution in [-0.4, -0.2) is 12.1 Å². The van der Waals surface area contributed by atoms with Crippen molar-refractivity contribution in [1.29, 1.82) is 0 Å². The zero-order chi connectivity index (χ0) is 14.1. The van der Waals surface area contributed by atoms with Gasteiger partial charge in [0.1, 0.15) is 0 Å². The van der Waals surface area contributed by atoms with Gasteiger partial charge in [-0.05, 0) is 61.7 Å². The van der Waals surface area contributed by atoms with Crippen molar-refractivity contribution in [3.63, 3.8) is 0 Å². The zero-order valence-corrected chi connectivity index (χ0v) is 13.9. The highest BCUT2D eigenvalue weighted by Crippen LogP contribution is 2.39. The van der Waals surface area contributed by atoms with Gasteiger partial charge in [0.05, 0.1) is 0 Å². The molecule has 0 saturated heterocycles. The molecule has 1 nitrogen and oxygen atoms in total. The molecule has 0 bridgehead atoms. The number of hydrogen-bond acceptors (Lipinski definition) is 1. The monoisotopic (exact) mass is 265 g/mol. The molecule has 2 aliphatic rings. The van der Waals surface area contributed by atoms with Crippen molar-refractivity contribution in [2.45, 2.75) is 98.1 Å². The van der Waals surface area contributed by atoms with E-state index in [4.69, 9.17) is 0 Å². The molecular weight excluding hydrogens is 230 g/mol. The second-order valence-corrected chi connectivity index (χ2v) is 9.04. The van der Waals surface area contributed by atoms with Crippen LogP contribution < -0.4 is 5.32 Å². The molecule has 0 radical (unpaired) electrons. The first-order valence-corrected chi connectivity index (χ1v) is 8.52. The predicted octanol–water partition coefficient (Wildman–Crippen LogP) is 5.15. The SMILES string of the molecule is CC1(C)CCCC(NC2CCC(C(C)(C)C)CC2)C1. The Hall–Kier alpha value is -0.0400. The fraction of sp³-hybridized carbons (Fsp3) is 1.00. The first-order valence-electron chi connectivity index (χ1n) is 8.52. The van der Waals surface area contributed by atoms with Crippen molar-refractivity contribution in [2.24, 2.45) is 16.7 Å². The van der Waals surface area contributed by atoms with E-state index in [2.05, 4.69) is 39.9 Å². The average molecular weight is 265 g/mol. The quantitative estimate of drug-likeness (QED) is 0.728. The van der Waals surface area contributed by atoms with Gasteiger partial charge in [0, 0.05) is 12.1 Å². The third-order valence-corrected chi connectivity index (χ3v) is 5.63. The van der Waals surface area contributed by atoms with E-state index in [0.29, 0.717) is 10.8 Å². The summed E-state index contributed by atoms with van der Waals surface area (Å²) in [4.78, 5) is 0. The highest BCUT2D eigenvalue weighted by Gasteiger charge is 2.32. The summed E-state index contributed by atoms with van der Waals surface area (Å²) in [7, 11) is 0. The average Bonchev–Trinajstić information content (AvgIpc) is 2.27. The molecule has 1 heteroatoms. The summed E-state index contributed by atoms with van der Waals surface area (Å²) in [5.41, 5.74) is 1.08. The Kier molecular flexibility index (Phi) is 4.65. The van der Waals surface area contributed by atoms with E-state index in [1.54, 1.807) is 0 Å². The van der Waals surface area contributed by atoms with Gasteiger partial charge < -0.3 is 5.32 Å². The van der Waals surface area contributed by atoms with Crippen molar-refractivity contribution in [2.75, 3.05) is 0 Å². The first-order chi connectivity index (χ1) is 8.76. The van der Waals surface area contributed by atoms with Crippen molar-refractivity contribution in [1.82, 2.24) is 5.32 Å². The second-order valence-electron chi connectivity index (χ2n) is 9.04. The molecule has 0 heterocycles. The molecule has 2 aliphatic carbocycles. The van der Waals surface area contributed by atoms with Crippen LogP contribution in [0, 0.1) is 16.7 Å². The molecule has 0 amide bonds. The predicted molar refractivity (Wildman–Crippen MR) is 84.4 cm³/mol. The summed E-state index contributed by atoms with van der Waals surface area (Å²) in [6, 6.07) is 1.59. The van der Waals surface area contributed by atoms with E-state index in [9.17, 15) is 0 Å². The molecule has 112 valence electrons. The molecule has 2 fully saturated rings. The van der Waals surface area contributed by atoms with Crippen molar-refractivity contribution in [3.8, 4) is 0 Å². The molecule has 0 aromatic rings. The summed E-state index contributed by atoms with van der Waals surface area (Å²) < 4.78 is 0. The fourth-order valence-corrected chi connectivity index (χ4v) is 4.30. The molecule has 2 rings (SSSR count). The summed E-state index contributed by atoms with van der Waals surface area (Å²) >= 11 is 0. The largest absolute Gasteiger partial charge is 0.311 e. The van der Waals surface area contributed by atoms with Crippen molar-refractivity contribution < 1.29 is 0 Å². The van der Waals surface area contributed by atoms with E-state index in [1.807, 2.05) is 0 Å². The minimum absolute atomic E-state index is 0.512. The van der Waals surface area contributed by atoms with Gasteiger partial charge in [-0.15, -0.1) is 0 Å². The van der Waals surface area contributed by atoms with Crippen LogP contribution in [0.25, 0.3) is 0 Å². The number of rotatable bonds is 2. The van der Waals surface area contributed by atoms with Gasteiger partial charge in [0.15, 0.2) is 0 Å². The molecule has 1 unspecified atom stereocenters. The second kappa shape index (κ2) is 5.76. The van der Waals surface area contributed by atoms with Crippen LogP contribution in [0.5, 0.6) is 0 Å². The summed E-state index contributed by atoms with van der Waals surface area (Å²) in [5, 5.41) is 3.99. The lowest BCUT2D eigenvalue weighted by Gasteiger charge is -2.41. The fourth-order valence-electron chi connectivity index (χ4n) is 4.30. The molecule has 0 spiro atoms. The number of hydrogen-bond donors (Lipinski definition) is 1. The van der Waals surface area contributed by atoms with Crippen LogP contribution >= 0.6 is 0 Å². The first kappa shape index (κ1) is 15.4. The molecule has 0 aromatic heterocycles. The van der Waals surface area contributed by atoms with Gasteiger partial charge in [-0.1, -0.05) is 41.0 Å². The molecule has 0 aromatic carbocycles. The van der Waals surface area contributed by atoms with E-state index >= 15 is 0 Å². The Morgan fingerprint density at radius 1 is 0.895 bits per heavy atom. The Morgan fingerprint density at radius 2 is 1.53 bits per heavy atom. The lowest BCUT2D eigenvalue weighted by molar-refractivity contribution is 0.138. The van der Waals surface area contributed by atoms with Gasteiger partial charge in [0.25, 0.3) is 0 Å². The summed E-state index contributed by atoms with van der Waals surface area (Å²) in [5.74, 6) is 0.938. The third kappa shape index (κ3) is 4.48. The maximum Gasteiger partial charge on any atom is 0.00747 e. The van der Waals surface area contributed by atoms with Gasteiger partial charge in [-0.25, -0.2) is 0 Å². The molecule has 2 saturated carbocycles. The van der Waals surface area contributed by atoms with Crippen LogP contribution in [0.4, 0.5) is 0 Å². The number of nitrogens with one attached hydrogen (secondary N) is 1. The maximum atomic E-state index is 3.99. The van der Waals surface area contributed by atoms with Gasteiger partial charge >= 0.3 is 0 Å². The molecule has 1 N–H and O–H groups in total. The van der Waals surface area contributed by atoms with Gasteiger partial charge in [-0.2, -0.15) is 0 Å². The maximum absolute atomic E-state index is 3.99. The smallest absolute Gasteiger partial charge is 0.00747 e. The molecule has 19 heavy (non-hydrogen) atoms. The van der Waals surface area contributed by atoms with Crippen LogP contribution in [0.15, 0.2) is 0 Å². The zero-order valence-electron chi connectivity index (χ0n) is 13.9. The van der Waals surface area contributed by atoms with E-state index < -0.39 is 0 Å². The van der Waals surface area contributed by atoms with Crippen LogP contribution in [0.1, 0.15) is 86.0 Å². The Balaban J connectivity index is 1.77. The van der Waals surface area contributed by atoms with Crippen LogP contribution in [0.2, 0.25) is 0 Å². The highest BCUT2D eigenvalue weighted by molar-refractivity contribution is 4.88. The lowest BCUT2D eigenvalue weighted by atomic mass is 9.70. The minimum atomic E-state index is 0.512.